The van der Waals surface area contributed by atoms with Crippen LogP contribution >= 0.6 is 11.8 Å². The van der Waals surface area contributed by atoms with E-state index in [4.69, 9.17) is 10.6 Å². The van der Waals surface area contributed by atoms with Gasteiger partial charge in [-0.15, -0.1) is 10.2 Å². The molecular weight excluding hydrogens is 393 g/mol. The standard InChI is InChI=1S/C20H20FN5O2S/c21-16-9-5-4-8-15(16)18-23-24-20(26(18)22)29-17(14-6-2-1-3-7-14)19(27)25-10-12-28-13-11-25/h1-9,17H,10-13,22H2/t17-/m0/s1. The first-order valence-electron chi connectivity index (χ1n) is 9.18. The Hall–Kier alpha value is -2.91. The molecule has 1 saturated heterocycles. The second-order valence-corrected chi connectivity index (χ2v) is 7.57. The Morgan fingerprint density at radius 2 is 1.76 bits per heavy atom. The van der Waals surface area contributed by atoms with Crippen molar-refractivity contribution in [3.63, 3.8) is 0 Å². The molecule has 2 heterocycles. The van der Waals surface area contributed by atoms with Crippen LogP contribution in [0.15, 0.2) is 59.8 Å². The number of ether oxygens (including phenoxy) is 1. The summed E-state index contributed by atoms with van der Waals surface area (Å²) in [5, 5.41) is 7.95. The number of nitrogen functional groups attached to an aromatic ring is 1. The Morgan fingerprint density at radius 3 is 2.48 bits per heavy atom. The van der Waals surface area contributed by atoms with E-state index in [0.29, 0.717) is 31.5 Å². The number of morpholine rings is 1. The molecular formula is C20H20FN5O2S. The first-order chi connectivity index (χ1) is 14.1. The van der Waals surface area contributed by atoms with Gasteiger partial charge in [0.2, 0.25) is 11.1 Å². The predicted molar refractivity (Wildman–Crippen MR) is 108 cm³/mol. The number of nitrogens with two attached hydrogens (primary N) is 1. The van der Waals surface area contributed by atoms with Crippen molar-refractivity contribution >= 4 is 17.7 Å². The Kier molecular flexibility index (Phi) is 5.77. The molecule has 2 aromatic carbocycles. The van der Waals surface area contributed by atoms with E-state index in [0.717, 1.165) is 5.56 Å². The summed E-state index contributed by atoms with van der Waals surface area (Å²) in [6.07, 6.45) is 0. The van der Waals surface area contributed by atoms with Gasteiger partial charge in [0.1, 0.15) is 11.1 Å². The van der Waals surface area contributed by atoms with E-state index in [1.54, 1.807) is 23.1 Å². The van der Waals surface area contributed by atoms with E-state index in [1.165, 1.54) is 22.5 Å². The van der Waals surface area contributed by atoms with Gasteiger partial charge in [-0.05, 0) is 17.7 Å². The number of benzene rings is 2. The summed E-state index contributed by atoms with van der Waals surface area (Å²) in [5.41, 5.74) is 1.09. The van der Waals surface area contributed by atoms with E-state index in [9.17, 15) is 9.18 Å². The summed E-state index contributed by atoms with van der Waals surface area (Å²) in [6.45, 7) is 2.11. The second kappa shape index (κ2) is 8.62. The zero-order valence-electron chi connectivity index (χ0n) is 15.6. The average Bonchev–Trinajstić information content (AvgIpc) is 3.13. The van der Waals surface area contributed by atoms with Gasteiger partial charge in [-0.3, -0.25) is 4.79 Å². The fraction of sp³-hybridized carbons (Fsp3) is 0.250. The lowest BCUT2D eigenvalue weighted by Crippen LogP contribution is -2.42. The molecule has 0 saturated carbocycles. The van der Waals surface area contributed by atoms with E-state index in [-0.39, 0.29) is 17.3 Å². The Bertz CT molecular complexity index is 992. The summed E-state index contributed by atoms with van der Waals surface area (Å²) in [4.78, 5) is 15.0. The molecule has 1 aliphatic heterocycles. The highest BCUT2D eigenvalue weighted by atomic mass is 32.2. The van der Waals surface area contributed by atoms with Crippen molar-refractivity contribution in [1.82, 2.24) is 19.8 Å². The lowest BCUT2D eigenvalue weighted by atomic mass is 10.1. The fourth-order valence-corrected chi connectivity index (χ4v) is 4.17. The first kappa shape index (κ1) is 19.4. The third-order valence-electron chi connectivity index (χ3n) is 4.65. The molecule has 9 heteroatoms. The molecule has 2 N–H and O–H groups in total. The van der Waals surface area contributed by atoms with Crippen LogP contribution in [-0.2, 0) is 9.53 Å². The molecule has 29 heavy (non-hydrogen) atoms. The number of thioether (sulfide) groups is 1. The summed E-state index contributed by atoms with van der Waals surface area (Å²) in [6, 6.07) is 15.7. The lowest BCUT2D eigenvalue weighted by Gasteiger charge is -2.30. The number of amides is 1. The summed E-state index contributed by atoms with van der Waals surface area (Å²) < 4.78 is 20.7. The number of rotatable bonds is 5. The van der Waals surface area contributed by atoms with Crippen molar-refractivity contribution in [2.75, 3.05) is 32.1 Å². The molecule has 1 atom stereocenters. The zero-order chi connectivity index (χ0) is 20.2. The largest absolute Gasteiger partial charge is 0.378 e. The highest BCUT2D eigenvalue weighted by Crippen LogP contribution is 2.36. The molecule has 0 spiro atoms. The maximum atomic E-state index is 14.1. The monoisotopic (exact) mass is 413 g/mol. The number of hydrogen-bond donors (Lipinski definition) is 1. The quantitative estimate of drug-likeness (QED) is 0.511. The van der Waals surface area contributed by atoms with Gasteiger partial charge < -0.3 is 15.5 Å². The normalized spacial score (nSPS) is 15.3. The van der Waals surface area contributed by atoms with E-state index in [1.807, 2.05) is 30.3 Å². The van der Waals surface area contributed by atoms with Crippen LogP contribution in [-0.4, -0.2) is 52.0 Å². The van der Waals surface area contributed by atoms with Gasteiger partial charge in [0, 0.05) is 13.1 Å². The molecule has 1 aromatic heterocycles. The van der Waals surface area contributed by atoms with Crippen molar-refractivity contribution in [3.05, 3.63) is 66.0 Å². The fourth-order valence-electron chi connectivity index (χ4n) is 3.13. The number of nitrogens with zero attached hydrogens (tertiary/aromatic N) is 4. The van der Waals surface area contributed by atoms with E-state index < -0.39 is 11.1 Å². The molecule has 4 rings (SSSR count). The van der Waals surface area contributed by atoms with Crippen LogP contribution in [0, 0.1) is 5.82 Å². The topological polar surface area (TPSA) is 86.3 Å². The lowest BCUT2D eigenvalue weighted by molar-refractivity contribution is -0.134. The molecule has 3 aromatic rings. The molecule has 150 valence electrons. The Balaban J connectivity index is 1.65. The summed E-state index contributed by atoms with van der Waals surface area (Å²) in [5.74, 6) is 5.89. The van der Waals surface area contributed by atoms with Gasteiger partial charge in [0.25, 0.3) is 0 Å². The van der Waals surface area contributed by atoms with Crippen molar-refractivity contribution in [3.8, 4) is 11.4 Å². The predicted octanol–water partition coefficient (Wildman–Crippen LogP) is 2.49. The van der Waals surface area contributed by atoms with Gasteiger partial charge in [0.05, 0.1) is 18.8 Å². The molecule has 1 amide bonds. The van der Waals surface area contributed by atoms with E-state index in [2.05, 4.69) is 10.2 Å². The Labute approximate surface area is 171 Å². The van der Waals surface area contributed by atoms with Crippen LogP contribution in [0.25, 0.3) is 11.4 Å². The van der Waals surface area contributed by atoms with Gasteiger partial charge in [0.15, 0.2) is 5.82 Å². The van der Waals surface area contributed by atoms with Crippen molar-refractivity contribution in [1.29, 1.82) is 0 Å². The molecule has 7 nitrogen and oxygen atoms in total. The van der Waals surface area contributed by atoms with Gasteiger partial charge in [-0.2, -0.15) is 0 Å². The minimum Gasteiger partial charge on any atom is -0.378 e. The van der Waals surface area contributed by atoms with Gasteiger partial charge in [-0.1, -0.05) is 54.2 Å². The van der Waals surface area contributed by atoms with Crippen molar-refractivity contribution < 1.29 is 13.9 Å². The highest BCUT2D eigenvalue weighted by molar-refractivity contribution is 8.00. The highest BCUT2D eigenvalue weighted by Gasteiger charge is 2.30. The van der Waals surface area contributed by atoms with Gasteiger partial charge in [-0.25, -0.2) is 9.07 Å². The van der Waals surface area contributed by atoms with Crippen LogP contribution < -0.4 is 5.84 Å². The SMILES string of the molecule is Nn1c(S[C@H](C(=O)N2CCOCC2)c2ccccc2)nnc1-c1ccccc1F. The van der Waals surface area contributed by atoms with Crippen LogP contribution in [0.2, 0.25) is 0 Å². The zero-order valence-corrected chi connectivity index (χ0v) is 16.4. The molecule has 1 aliphatic rings. The maximum Gasteiger partial charge on any atom is 0.240 e. The second-order valence-electron chi connectivity index (χ2n) is 6.50. The van der Waals surface area contributed by atoms with Crippen molar-refractivity contribution in [2.24, 2.45) is 0 Å². The summed E-state index contributed by atoms with van der Waals surface area (Å²) in [7, 11) is 0. The average molecular weight is 413 g/mol. The van der Waals surface area contributed by atoms with Gasteiger partial charge >= 0.3 is 0 Å². The molecule has 1 fully saturated rings. The van der Waals surface area contributed by atoms with Crippen molar-refractivity contribution in [2.45, 2.75) is 10.4 Å². The van der Waals surface area contributed by atoms with Crippen LogP contribution in [0.5, 0.6) is 0 Å². The maximum absolute atomic E-state index is 14.1. The smallest absolute Gasteiger partial charge is 0.240 e. The number of hydrogen-bond acceptors (Lipinski definition) is 6. The molecule has 0 bridgehead atoms. The van der Waals surface area contributed by atoms with Crippen LogP contribution in [0.1, 0.15) is 10.8 Å². The van der Waals surface area contributed by atoms with Crippen LogP contribution in [0.3, 0.4) is 0 Å². The molecule has 0 unspecified atom stereocenters. The third kappa shape index (κ3) is 4.10. The number of carbonyl (C=O) groups excluding carboxylic acids is 1. The number of aromatic nitrogens is 3. The van der Waals surface area contributed by atoms with Crippen LogP contribution in [0.4, 0.5) is 4.39 Å². The number of carbonyl (C=O) groups is 1. The third-order valence-corrected chi connectivity index (χ3v) is 5.85. The molecule has 0 radical (unpaired) electrons. The minimum absolute atomic E-state index is 0.0417. The Morgan fingerprint density at radius 1 is 1.07 bits per heavy atom. The first-order valence-corrected chi connectivity index (χ1v) is 10.1. The summed E-state index contributed by atoms with van der Waals surface area (Å²) >= 11 is 1.20. The minimum atomic E-state index is -0.547. The number of halogens is 1. The molecule has 0 aliphatic carbocycles. The van der Waals surface area contributed by atoms with E-state index >= 15 is 0 Å².